The van der Waals surface area contributed by atoms with Gasteiger partial charge in [-0.25, -0.2) is 4.98 Å². The summed E-state index contributed by atoms with van der Waals surface area (Å²) in [6, 6.07) is 7.30. The predicted octanol–water partition coefficient (Wildman–Crippen LogP) is 4.45. The minimum Gasteiger partial charge on any atom is -0.481 e. The van der Waals surface area contributed by atoms with Crippen molar-refractivity contribution in [2.45, 2.75) is 51.6 Å². The van der Waals surface area contributed by atoms with Crippen LogP contribution in [0.2, 0.25) is 0 Å². The monoisotopic (exact) mass is 455 g/mol. The van der Waals surface area contributed by atoms with Crippen molar-refractivity contribution < 1.29 is 19.1 Å². The van der Waals surface area contributed by atoms with E-state index in [1.165, 1.54) is 11.6 Å². The van der Waals surface area contributed by atoms with E-state index in [4.69, 9.17) is 0 Å². The van der Waals surface area contributed by atoms with Gasteiger partial charge in [-0.05, 0) is 67.9 Å². The zero-order chi connectivity index (χ0) is 22.2. The molecule has 4 heterocycles. The van der Waals surface area contributed by atoms with Gasteiger partial charge in [-0.1, -0.05) is 0 Å². The summed E-state index contributed by atoms with van der Waals surface area (Å²) in [5, 5.41) is 10.1. The van der Waals surface area contributed by atoms with Gasteiger partial charge < -0.3 is 14.6 Å². The average Bonchev–Trinajstić information content (AvgIpc) is 3.35. The van der Waals surface area contributed by atoms with Gasteiger partial charge in [0.25, 0.3) is 0 Å². The fourth-order valence-electron chi connectivity index (χ4n) is 5.23. The highest BCUT2D eigenvalue weighted by atomic mass is 32.1. The second-order valence-corrected chi connectivity index (χ2v) is 10.0. The van der Waals surface area contributed by atoms with Gasteiger partial charge in [-0.15, -0.1) is 11.3 Å². The molecule has 8 heteroatoms. The Balaban J connectivity index is 1.34. The molecule has 1 aliphatic heterocycles. The first kappa shape index (κ1) is 21.1. The Labute approximate surface area is 189 Å². The number of hydrogen-bond donors (Lipinski definition) is 1. The Morgan fingerprint density at radius 2 is 2.00 bits per heavy atom. The number of rotatable bonds is 5. The zero-order valence-corrected chi connectivity index (χ0v) is 18.6. The van der Waals surface area contributed by atoms with Crippen LogP contribution in [0.1, 0.15) is 48.2 Å². The van der Waals surface area contributed by atoms with Crippen LogP contribution in [0.5, 0.6) is 0 Å². The van der Waals surface area contributed by atoms with Gasteiger partial charge in [0.05, 0.1) is 19.0 Å². The fourth-order valence-corrected chi connectivity index (χ4v) is 5.94. The van der Waals surface area contributed by atoms with Gasteiger partial charge in [-0.2, -0.15) is 4.39 Å². The molecule has 2 aliphatic rings. The maximum absolute atomic E-state index is 13.6. The van der Waals surface area contributed by atoms with E-state index in [2.05, 4.69) is 15.6 Å². The number of carboxylic acids is 1. The molecule has 3 aromatic heterocycles. The summed E-state index contributed by atoms with van der Waals surface area (Å²) in [6.45, 7) is 1.75. The van der Waals surface area contributed by atoms with Crippen LogP contribution in [0.15, 0.2) is 30.5 Å². The highest BCUT2D eigenvalue weighted by molar-refractivity contribution is 7.10. The molecule has 0 bridgehead atoms. The van der Waals surface area contributed by atoms with Gasteiger partial charge in [0.2, 0.25) is 5.91 Å². The number of nitrogens with zero attached hydrogens (tertiary/aromatic N) is 3. The Bertz CT molecular complexity index is 1160. The summed E-state index contributed by atoms with van der Waals surface area (Å²) < 4.78 is 15.7. The van der Waals surface area contributed by atoms with E-state index in [1.807, 2.05) is 11.0 Å². The molecular formula is C24H26FN3O3S. The Morgan fingerprint density at radius 3 is 2.72 bits per heavy atom. The third kappa shape index (κ3) is 4.03. The van der Waals surface area contributed by atoms with Gasteiger partial charge in [0, 0.05) is 35.1 Å². The highest BCUT2D eigenvalue weighted by Crippen LogP contribution is 2.34. The lowest BCUT2D eigenvalue weighted by molar-refractivity contribution is -0.143. The summed E-state index contributed by atoms with van der Waals surface area (Å²) in [4.78, 5) is 31.7. The fraction of sp³-hybridized carbons (Fsp3) is 0.458. The van der Waals surface area contributed by atoms with Crippen molar-refractivity contribution in [3.05, 3.63) is 51.7 Å². The van der Waals surface area contributed by atoms with E-state index in [9.17, 15) is 19.1 Å². The van der Waals surface area contributed by atoms with Crippen LogP contribution in [0.25, 0.3) is 11.0 Å². The van der Waals surface area contributed by atoms with Crippen molar-refractivity contribution in [3.8, 4) is 0 Å². The minimum absolute atomic E-state index is 0.140. The molecule has 1 N–H and O–H groups in total. The van der Waals surface area contributed by atoms with Crippen molar-refractivity contribution in [1.82, 2.24) is 14.5 Å². The number of aromatic nitrogens is 2. The Hall–Kier alpha value is -2.74. The molecule has 1 aliphatic carbocycles. The normalized spacial score (nSPS) is 21.0. The third-order valence-electron chi connectivity index (χ3n) is 6.97. The summed E-state index contributed by atoms with van der Waals surface area (Å²) >= 11 is 1.14. The number of hydrogen-bond acceptors (Lipinski definition) is 4. The first-order valence-electron chi connectivity index (χ1n) is 11.2. The lowest BCUT2D eigenvalue weighted by Gasteiger charge is -2.31. The molecule has 3 aromatic rings. The molecule has 1 fully saturated rings. The van der Waals surface area contributed by atoms with Crippen LogP contribution in [0.4, 0.5) is 4.39 Å². The Kier molecular flexibility index (Phi) is 5.71. The van der Waals surface area contributed by atoms with E-state index in [-0.39, 0.29) is 22.9 Å². The quantitative estimate of drug-likeness (QED) is 0.617. The van der Waals surface area contributed by atoms with Crippen LogP contribution < -0.4 is 0 Å². The van der Waals surface area contributed by atoms with Crippen molar-refractivity contribution in [3.63, 3.8) is 0 Å². The zero-order valence-electron chi connectivity index (χ0n) is 17.8. The van der Waals surface area contributed by atoms with Crippen molar-refractivity contribution in [2.75, 3.05) is 6.54 Å². The van der Waals surface area contributed by atoms with E-state index >= 15 is 0 Å². The number of fused-ring (bicyclic) bond motifs is 3. The van der Waals surface area contributed by atoms with Gasteiger partial charge in [0.15, 0.2) is 5.13 Å². The molecule has 0 atom stereocenters. The van der Waals surface area contributed by atoms with Gasteiger partial charge in [-0.3, -0.25) is 9.59 Å². The number of pyridine rings is 1. The molecule has 1 amide bonds. The number of carbonyl (C=O) groups is 2. The highest BCUT2D eigenvalue weighted by Gasteiger charge is 2.31. The predicted molar refractivity (Wildman–Crippen MR) is 120 cm³/mol. The van der Waals surface area contributed by atoms with Gasteiger partial charge >= 0.3 is 5.97 Å². The molecule has 0 unspecified atom stereocenters. The van der Waals surface area contributed by atoms with E-state index in [0.29, 0.717) is 38.9 Å². The second kappa shape index (κ2) is 8.65. The SMILES string of the molecule is O=C(O)C1CCC(CC(=O)N2CCc3c(n(Cc4ccc(F)s4)c4ncccc34)C2)CC1. The topological polar surface area (TPSA) is 75.4 Å². The molecule has 6 nitrogen and oxygen atoms in total. The molecule has 32 heavy (non-hydrogen) atoms. The molecular weight excluding hydrogens is 429 g/mol. The summed E-state index contributed by atoms with van der Waals surface area (Å²) in [7, 11) is 0. The molecule has 0 aromatic carbocycles. The molecule has 0 spiro atoms. The molecule has 0 radical (unpaired) electrons. The number of amides is 1. The first-order chi connectivity index (χ1) is 15.5. The summed E-state index contributed by atoms with van der Waals surface area (Å²) in [5.41, 5.74) is 3.20. The summed E-state index contributed by atoms with van der Waals surface area (Å²) in [6.07, 6.45) is 5.96. The van der Waals surface area contributed by atoms with E-state index in [1.54, 1.807) is 12.3 Å². The lowest BCUT2D eigenvalue weighted by Crippen LogP contribution is -2.38. The van der Waals surface area contributed by atoms with Crippen LogP contribution in [-0.4, -0.2) is 38.0 Å². The van der Waals surface area contributed by atoms with Crippen molar-refractivity contribution in [2.24, 2.45) is 11.8 Å². The maximum Gasteiger partial charge on any atom is 0.306 e. The van der Waals surface area contributed by atoms with Crippen LogP contribution >= 0.6 is 11.3 Å². The van der Waals surface area contributed by atoms with Crippen LogP contribution in [-0.2, 0) is 29.1 Å². The van der Waals surface area contributed by atoms with Crippen molar-refractivity contribution >= 4 is 34.2 Å². The average molecular weight is 456 g/mol. The molecule has 168 valence electrons. The number of carbonyl (C=O) groups excluding carboxylic acids is 1. The molecule has 5 rings (SSSR count). The standard InChI is InChI=1S/C24H26FN3O3S/c25-21-8-7-17(32-21)13-28-20-14-27(11-9-18(20)19-2-1-10-26-23(19)28)22(29)12-15-3-5-16(6-4-15)24(30)31/h1-2,7-8,10,15-16H,3-6,9,11-14H2,(H,30,31). The maximum atomic E-state index is 13.6. The van der Waals surface area contributed by atoms with Crippen molar-refractivity contribution in [1.29, 1.82) is 0 Å². The van der Waals surface area contributed by atoms with E-state index < -0.39 is 5.97 Å². The van der Waals surface area contributed by atoms with Crippen LogP contribution in [0.3, 0.4) is 0 Å². The van der Waals surface area contributed by atoms with E-state index in [0.717, 1.165) is 52.2 Å². The minimum atomic E-state index is -0.717. The third-order valence-corrected chi connectivity index (χ3v) is 7.83. The first-order valence-corrected chi connectivity index (χ1v) is 12.0. The lowest BCUT2D eigenvalue weighted by atomic mass is 9.80. The number of thiophene rings is 1. The number of halogens is 1. The second-order valence-electron chi connectivity index (χ2n) is 8.92. The van der Waals surface area contributed by atoms with Crippen LogP contribution in [0, 0.1) is 17.0 Å². The molecule has 0 saturated heterocycles. The van der Waals surface area contributed by atoms with Gasteiger partial charge in [0.1, 0.15) is 5.65 Å². The number of carboxylic acid groups (broad SMARTS) is 1. The largest absolute Gasteiger partial charge is 0.481 e. The number of aliphatic carboxylic acids is 1. The smallest absolute Gasteiger partial charge is 0.306 e. The summed E-state index contributed by atoms with van der Waals surface area (Å²) in [5.74, 6) is -0.572. The Morgan fingerprint density at radius 1 is 1.19 bits per heavy atom. The molecule has 1 saturated carbocycles.